The van der Waals surface area contributed by atoms with Crippen LogP contribution in [0.5, 0.6) is 0 Å². The van der Waals surface area contributed by atoms with Gasteiger partial charge in [0.1, 0.15) is 5.82 Å². The Labute approximate surface area is 112 Å². The van der Waals surface area contributed by atoms with Crippen molar-refractivity contribution in [2.75, 3.05) is 5.32 Å². The van der Waals surface area contributed by atoms with E-state index in [4.69, 9.17) is 0 Å². The molecule has 0 saturated carbocycles. The van der Waals surface area contributed by atoms with E-state index >= 15 is 0 Å². The second-order valence-corrected chi connectivity index (χ2v) is 4.26. The Balaban J connectivity index is 2.30. The fourth-order valence-electron chi connectivity index (χ4n) is 1.80. The van der Waals surface area contributed by atoms with Crippen LogP contribution < -0.4 is 5.32 Å². The molecule has 6 heteroatoms. The van der Waals surface area contributed by atoms with Gasteiger partial charge in [-0.3, -0.25) is 0 Å². The molecule has 0 fully saturated rings. The Morgan fingerprint density at radius 2 is 1.50 bits per heavy atom. The van der Waals surface area contributed by atoms with E-state index < -0.39 is 35.1 Å². The fourth-order valence-corrected chi connectivity index (χ4v) is 1.80. The van der Waals surface area contributed by atoms with Gasteiger partial charge in [0.25, 0.3) is 0 Å². The van der Waals surface area contributed by atoms with E-state index in [0.29, 0.717) is 12.1 Å². The molecule has 0 spiro atoms. The standard InChI is InChI=1S/C14H10F5N/c1-7(8-3-2-4-9(15)14(8)19)20-13-6-11(17)10(16)5-12(13)18/h2-7,20H,1H3. The predicted molar refractivity (Wildman–Crippen MR) is 64.7 cm³/mol. The molecule has 0 radical (unpaired) electrons. The molecule has 0 aromatic heterocycles. The Morgan fingerprint density at radius 1 is 0.850 bits per heavy atom. The Bertz CT molecular complexity index is 642. The van der Waals surface area contributed by atoms with Gasteiger partial charge in [-0.1, -0.05) is 12.1 Å². The smallest absolute Gasteiger partial charge is 0.164 e. The summed E-state index contributed by atoms with van der Waals surface area (Å²) in [5.41, 5.74) is -0.380. The molecule has 20 heavy (non-hydrogen) atoms. The van der Waals surface area contributed by atoms with E-state index in [-0.39, 0.29) is 11.3 Å². The summed E-state index contributed by atoms with van der Waals surface area (Å²) < 4.78 is 65.9. The van der Waals surface area contributed by atoms with Gasteiger partial charge in [-0.25, -0.2) is 22.0 Å². The molecule has 0 aliphatic rings. The van der Waals surface area contributed by atoms with E-state index in [9.17, 15) is 22.0 Å². The van der Waals surface area contributed by atoms with E-state index in [0.717, 1.165) is 6.07 Å². The van der Waals surface area contributed by atoms with E-state index in [2.05, 4.69) is 5.32 Å². The van der Waals surface area contributed by atoms with Crippen molar-refractivity contribution in [1.29, 1.82) is 0 Å². The first-order valence-corrected chi connectivity index (χ1v) is 5.75. The van der Waals surface area contributed by atoms with Crippen molar-refractivity contribution in [3.05, 3.63) is 65.0 Å². The van der Waals surface area contributed by atoms with Crippen molar-refractivity contribution < 1.29 is 22.0 Å². The van der Waals surface area contributed by atoms with Gasteiger partial charge in [-0.05, 0) is 13.0 Å². The number of halogens is 5. The molecule has 0 heterocycles. The molecule has 0 aliphatic carbocycles. The molecule has 1 unspecified atom stereocenters. The topological polar surface area (TPSA) is 12.0 Å². The summed E-state index contributed by atoms with van der Waals surface area (Å²) in [7, 11) is 0. The maximum atomic E-state index is 13.6. The summed E-state index contributed by atoms with van der Waals surface area (Å²) in [6.45, 7) is 1.44. The number of anilines is 1. The molecule has 2 aromatic carbocycles. The SMILES string of the molecule is CC(Nc1cc(F)c(F)cc1F)c1cccc(F)c1F. The zero-order valence-electron chi connectivity index (χ0n) is 10.4. The molecular formula is C14H10F5N. The van der Waals surface area contributed by atoms with E-state index in [1.54, 1.807) is 0 Å². The lowest BCUT2D eigenvalue weighted by atomic mass is 10.1. The lowest BCUT2D eigenvalue weighted by Crippen LogP contribution is -2.11. The highest BCUT2D eigenvalue weighted by atomic mass is 19.2. The quantitative estimate of drug-likeness (QED) is 0.645. The summed E-state index contributed by atoms with van der Waals surface area (Å²) in [4.78, 5) is 0. The summed E-state index contributed by atoms with van der Waals surface area (Å²) in [5, 5.41) is 2.47. The van der Waals surface area contributed by atoms with E-state index in [1.807, 2.05) is 0 Å². The highest BCUT2D eigenvalue weighted by Gasteiger charge is 2.17. The third-order valence-corrected chi connectivity index (χ3v) is 2.83. The molecule has 2 aromatic rings. The van der Waals surface area contributed by atoms with Crippen LogP contribution in [-0.4, -0.2) is 0 Å². The molecule has 0 bridgehead atoms. The molecule has 0 aliphatic heterocycles. The third kappa shape index (κ3) is 2.74. The number of nitrogens with one attached hydrogen (secondary N) is 1. The summed E-state index contributed by atoms with van der Waals surface area (Å²) in [6.07, 6.45) is 0. The number of hydrogen-bond acceptors (Lipinski definition) is 1. The highest BCUT2D eigenvalue weighted by Crippen LogP contribution is 2.26. The van der Waals surface area contributed by atoms with Gasteiger partial charge in [0.2, 0.25) is 0 Å². The van der Waals surface area contributed by atoms with Crippen molar-refractivity contribution in [2.45, 2.75) is 13.0 Å². The van der Waals surface area contributed by atoms with Crippen LogP contribution in [0, 0.1) is 29.1 Å². The van der Waals surface area contributed by atoms with Gasteiger partial charge in [-0.15, -0.1) is 0 Å². The van der Waals surface area contributed by atoms with Crippen LogP contribution in [0.2, 0.25) is 0 Å². The molecule has 0 amide bonds. The maximum Gasteiger partial charge on any atom is 0.164 e. The minimum absolute atomic E-state index is 0.0471. The summed E-state index contributed by atoms with van der Waals surface area (Å²) in [5.74, 6) is -5.69. The molecule has 1 atom stereocenters. The highest BCUT2D eigenvalue weighted by molar-refractivity contribution is 5.47. The second-order valence-electron chi connectivity index (χ2n) is 4.26. The first-order valence-electron chi connectivity index (χ1n) is 5.75. The number of benzene rings is 2. The molecule has 1 N–H and O–H groups in total. The second kappa shape index (κ2) is 5.48. The fraction of sp³-hybridized carbons (Fsp3) is 0.143. The van der Waals surface area contributed by atoms with Gasteiger partial charge in [0, 0.05) is 17.7 Å². The first kappa shape index (κ1) is 14.3. The normalized spacial score (nSPS) is 12.3. The van der Waals surface area contributed by atoms with Gasteiger partial charge >= 0.3 is 0 Å². The van der Waals surface area contributed by atoms with Crippen molar-refractivity contribution >= 4 is 5.69 Å². The van der Waals surface area contributed by atoms with Crippen molar-refractivity contribution in [1.82, 2.24) is 0 Å². The van der Waals surface area contributed by atoms with Crippen molar-refractivity contribution in [3.63, 3.8) is 0 Å². The molecular weight excluding hydrogens is 277 g/mol. The predicted octanol–water partition coefficient (Wildman–Crippen LogP) is 4.56. The minimum atomic E-state index is -1.32. The van der Waals surface area contributed by atoms with Crippen LogP contribution >= 0.6 is 0 Å². The Kier molecular flexibility index (Phi) is 3.92. The average Bonchev–Trinajstić information content (AvgIpc) is 2.39. The molecule has 106 valence electrons. The Hall–Kier alpha value is -2.11. The molecule has 2 rings (SSSR count). The van der Waals surface area contributed by atoms with Crippen LogP contribution in [0.4, 0.5) is 27.6 Å². The van der Waals surface area contributed by atoms with Crippen molar-refractivity contribution in [3.8, 4) is 0 Å². The van der Waals surface area contributed by atoms with E-state index in [1.165, 1.54) is 19.1 Å². The van der Waals surface area contributed by atoms with Gasteiger partial charge < -0.3 is 5.32 Å². The van der Waals surface area contributed by atoms with Gasteiger partial charge in [-0.2, -0.15) is 0 Å². The maximum absolute atomic E-state index is 13.6. The van der Waals surface area contributed by atoms with Gasteiger partial charge in [0.15, 0.2) is 23.3 Å². The van der Waals surface area contributed by atoms with Crippen LogP contribution in [0.25, 0.3) is 0 Å². The molecule has 0 saturated heterocycles. The first-order chi connectivity index (χ1) is 9.40. The van der Waals surface area contributed by atoms with Crippen molar-refractivity contribution in [2.24, 2.45) is 0 Å². The number of rotatable bonds is 3. The summed E-state index contributed by atoms with van der Waals surface area (Å²) >= 11 is 0. The average molecular weight is 287 g/mol. The van der Waals surface area contributed by atoms with Gasteiger partial charge in [0.05, 0.1) is 11.7 Å². The van der Waals surface area contributed by atoms with Crippen LogP contribution in [-0.2, 0) is 0 Å². The minimum Gasteiger partial charge on any atom is -0.376 e. The zero-order valence-corrected chi connectivity index (χ0v) is 10.4. The van der Waals surface area contributed by atoms with Crippen LogP contribution in [0.15, 0.2) is 30.3 Å². The molecule has 1 nitrogen and oxygen atoms in total. The monoisotopic (exact) mass is 287 g/mol. The Morgan fingerprint density at radius 3 is 2.20 bits per heavy atom. The van der Waals surface area contributed by atoms with Crippen LogP contribution in [0.3, 0.4) is 0 Å². The third-order valence-electron chi connectivity index (χ3n) is 2.83. The largest absolute Gasteiger partial charge is 0.376 e. The summed E-state index contributed by atoms with van der Waals surface area (Å²) in [6, 6.07) is 3.74. The lowest BCUT2D eigenvalue weighted by molar-refractivity contribution is 0.491. The zero-order chi connectivity index (χ0) is 14.9. The number of hydrogen-bond donors (Lipinski definition) is 1. The lowest BCUT2D eigenvalue weighted by Gasteiger charge is -2.17. The van der Waals surface area contributed by atoms with Crippen LogP contribution in [0.1, 0.15) is 18.5 Å².